The maximum atomic E-state index is 13.1. The van der Waals surface area contributed by atoms with Crippen LogP contribution in [0, 0.1) is 11.8 Å². The molecule has 2 rings (SSSR count). The van der Waals surface area contributed by atoms with E-state index in [9.17, 15) is 63.7 Å². The fourth-order valence-electron chi connectivity index (χ4n) is 6.61. The van der Waals surface area contributed by atoms with Gasteiger partial charge in [-0.25, -0.2) is 0 Å². The molecule has 0 spiro atoms. The highest BCUT2D eigenvalue weighted by Gasteiger charge is 2.39. The van der Waals surface area contributed by atoms with Crippen molar-refractivity contribution in [1.29, 1.82) is 0 Å². The Labute approximate surface area is 321 Å². The number of aliphatic carboxylic acids is 3. The zero-order chi connectivity index (χ0) is 41.2. The average Bonchev–Trinajstić information content (AvgIpc) is 3.59. The van der Waals surface area contributed by atoms with Gasteiger partial charge in [0.05, 0.1) is 38.7 Å². The molecule has 1 unspecified atom stereocenters. The van der Waals surface area contributed by atoms with Crippen LogP contribution in [0.3, 0.4) is 0 Å². The van der Waals surface area contributed by atoms with Crippen LogP contribution in [0.15, 0.2) is 0 Å². The van der Waals surface area contributed by atoms with E-state index >= 15 is 0 Å². The molecule has 2 saturated heterocycles. The van der Waals surface area contributed by atoms with E-state index in [0.29, 0.717) is 19.4 Å². The largest absolute Gasteiger partial charge is 0.480 e. The van der Waals surface area contributed by atoms with Crippen molar-refractivity contribution < 1.29 is 63.7 Å². The minimum atomic E-state index is -1.70. The second-order valence-corrected chi connectivity index (χ2v) is 14.6. The molecule has 21 heteroatoms. The van der Waals surface area contributed by atoms with Gasteiger partial charge in [-0.2, -0.15) is 0 Å². The predicted molar refractivity (Wildman–Crippen MR) is 196 cm³/mol. The van der Waals surface area contributed by atoms with Gasteiger partial charge in [0.2, 0.25) is 17.7 Å². The number of rotatable bonds is 20. The summed E-state index contributed by atoms with van der Waals surface area (Å²) < 4.78 is 0. The molecule has 0 bridgehead atoms. The Balaban J connectivity index is 1.91. The molecule has 0 aromatic heterocycles. The Morgan fingerprint density at radius 2 is 1.11 bits per heavy atom. The van der Waals surface area contributed by atoms with Crippen LogP contribution < -0.4 is 10.6 Å². The van der Waals surface area contributed by atoms with Crippen molar-refractivity contribution in [3.8, 4) is 0 Å². The highest BCUT2D eigenvalue weighted by atomic mass is 16.4. The lowest BCUT2D eigenvalue weighted by Gasteiger charge is -2.32. The number of carboxylic acids is 3. The van der Waals surface area contributed by atoms with E-state index in [2.05, 4.69) is 10.6 Å². The van der Waals surface area contributed by atoms with Gasteiger partial charge >= 0.3 is 25.0 Å². The summed E-state index contributed by atoms with van der Waals surface area (Å²) in [6.45, 7) is 5.85. The molecule has 2 aliphatic heterocycles. The standard InChI is InChI=1S/C34H58BN7O13/c1-23(2)27(33(52)37-24(3)34(53)42-8-4-5-28(42)35(54)55)17-26(44)18-36-29(45)7-6-25(43)19-38-9-11-39(20-30(46)47)13-15-41(22-32(50)51)16-14-40(12-10-38)21-31(48)49/h23-24,27-28,54-55H,4-22H2,1-3H3,(H,36,45)(H,37,52)(H,46,47)(H,48,49)(H,50,51)/t24-,27?,28+/m1/s1. The molecule has 3 amide bonds. The normalized spacial score (nSPS) is 19.5. The van der Waals surface area contributed by atoms with Crippen LogP contribution in [0.25, 0.3) is 0 Å². The van der Waals surface area contributed by atoms with E-state index in [1.807, 2.05) is 0 Å². The second kappa shape index (κ2) is 23.8. The van der Waals surface area contributed by atoms with Crippen LogP contribution in [-0.2, 0) is 38.4 Å². The smallest absolute Gasteiger partial charge is 0.475 e. The van der Waals surface area contributed by atoms with E-state index in [1.165, 1.54) is 11.8 Å². The monoisotopic (exact) mass is 783 g/mol. The van der Waals surface area contributed by atoms with Crippen LogP contribution in [0.1, 0.15) is 52.9 Å². The third-order valence-corrected chi connectivity index (χ3v) is 9.76. The molecule has 0 aliphatic carbocycles. The molecule has 20 nitrogen and oxygen atoms in total. The zero-order valence-corrected chi connectivity index (χ0v) is 32.1. The number of hydrogen-bond donors (Lipinski definition) is 7. The van der Waals surface area contributed by atoms with Crippen molar-refractivity contribution >= 4 is 54.3 Å². The topological polar surface area (TPSA) is 278 Å². The summed E-state index contributed by atoms with van der Waals surface area (Å²) in [5.41, 5.74) is 0. The summed E-state index contributed by atoms with van der Waals surface area (Å²) in [5.74, 6) is -7.34. The fraction of sp³-hybridized carbons (Fsp3) is 0.765. The lowest BCUT2D eigenvalue weighted by Crippen LogP contribution is -2.53. The van der Waals surface area contributed by atoms with Gasteiger partial charge in [-0.15, -0.1) is 0 Å². The summed E-state index contributed by atoms with van der Waals surface area (Å²) >= 11 is 0. The van der Waals surface area contributed by atoms with Crippen LogP contribution >= 0.6 is 0 Å². The average molecular weight is 784 g/mol. The van der Waals surface area contributed by atoms with Gasteiger partial charge in [-0.05, 0) is 25.7 Å². The molecule has 310 valence electrons. The van der Waals surface area contributed by atoms with Gasteiger partial charge in [-0.3, -0.25) is 58.0 Å². The number of amides is 3. The maximum Gasteiger partial charge on any atom is 0.475 e. The highest BCUT2D eigenvalue weighted by molar-refractivity contribution is 6.43. The molecule has 3 atom stereocenters. The van der Waals surface area contributed by atoms with Gasteiger partial charge in [-0.1, -0.05) is 13.8 Å². The van der Waals surface area contributed by atoms with E-state index in [4.69, 9.17) is 0 Å². The van der Waals surface area contributed by atoms with Crippen molar-refractivity contribution in [2.24, 2.45) is 11.8 Å². The van der Waals surface area contributed by atoms with Crippen LogP contribution in [0.4, 0.5) is 0 Å². The quantitative estimate of drug-likeness (QED) is 0.0595. The van der Waals surface area contributed by atoms with Crippen molar-refractivity contribution in [1.82, 2.24) is 35.1 Å². The number of carbonyl (C=O) groups excluding carboxylic acids is 5. The van der Waals surface area contributed by atoms with Crippen molar-refractivity contribution in [2.75, 3.05) is 91.6 Å². The van der Waals surface area contributed by atoms with Gasteiger partial charge < -0.3 is 40.9 Å². The van der Waals surface area contributed by atoms with Gasteiger partial charge in [0.1, 0.15) is 11.8 Å². The number of nitrogens with one attached hydrogen (secondary N) is 2. The second-order valence-electron chi connectivity index (χ2n) is 14.6. The first kappa shape index (κ1) is 47.1. The molecular formula is C34H58BN7O13. The molecule has 0 aromatic rings. The van der Waals surface area contributed by atoms with Crippen LogP contribution in [0.5, 0.6) is 0 Å². The number of nitrogens with zero attached hydrogens (tertiary/aromatic N) is 5. The lowest BCUT2D eigenvalue weighted by molar-refractivity contribution is -0.140. The van der Waals surface area contributed by atoms with Crippen molar-refractivity contribution in [3.05, 3.63) is 0 Å². The number of ketones is 2. The Bertz CT molecular complexity index is 1320. The molecular weight excluding hydrogens is 725 g/mol. The number of Topliss-reactive ketones (excluding diaryl/α,β-unsaturated/α-hetero) is 2. The number of carbonyl (C=O) groups is 8. The minimum Gasteiger partial charge on any atom is -0.480 e. The first-order valence-electron chi connectivity index (χ1n) is 18.7. The van der Waals surface area contributed by atoms with E-state index in [1.54, 1.807) is 33.4 Å². The first-order chi connectivity index (χ1) is 25.9. The van der Waals surface area contributed by atoms with E-state index in [-0.39, 0.29) is 116 Å². The number of likely N-dealkylation sites (tertiary alicyclic amines) is 1. The molecule has 2 fully saturated rings. The van der Waals surface area contributed by atoms with E-state index < -0.39 is 66.4 Å². The molecule has 0 saturated carbocycles. The van der Waals surface area contributed by atoms with Gasteiger partial charge in [0.25, 0.3) is 0 Å². The minimum absolute atomic E-state index is 0.0930. The maximum absolute atomic E-state index is 13.1. The summed E-state index contributed by atoms with van der Waals surface area (Å²) in [5, 5.41) is 52.4. The Kier molecular flexibility index (Phi) is 20.4. The molecule has 0 aromatic carbocycles. The Hall–Kier alpha value is -4.02. The molecule has 55 heavy (non-hydrogen) atoms. The fourth-order valence-corrected chi connectivity index (χ4v) is 6.61. The van der Waals surface area contributed by atoms with Crippen molar-refractivity contribution in [3.63, 3.8) is 0 Å². The highest BCUT2D eigenvalue weighted by Crippen LogP contribution is 2.20. The summed E-state index contributed by atoms with van der Waals surface area (Å²) in [7, 11) is -1.70. The van der Waals surface area contributed by atoms with Crippen LogP contribution in [-0.4, -0.2) is 208 Å². The molecule has 0 radical (unpaired) electrons. The Morgan fingerprint density at radius 3 is 1.53 bits per heavy atom. The first-order valence-corrected chi connectivity index (χ1v) is 18.7. The zero-order valence-electron chi connectivity index (χ0n) is 32.1. The third kappa shape index (κ3) is 18.0. The number of hydrogen-bond acceptors (Lipinski definition) is 14. The molecule has 2 heterocycles. The van der Waals surface area contributed by atoms with E-state index in [0.717, 1.165) is 0 Å². The Morgan fingerprint density at radius 1 is 0.655 bits per heavy atom. The SMILES string of the molecule is CC(C)C(CC(=O)CNC(=O)CCC(=O)CN1CCN(CC(=O)O)CCN(CC(=O)O)CCN(CC(=O)O)CC1)C(=O)N[C@H](C)C(=O)N1CCC[C@H]1B(O)O. The predicted octanol–water partition coefficient (Wildman–Crippen LogP) is -3.33. The summed E-state index contributed by atoms with van der Waals surface area (Å²) in [6, 6.07) is -0.967. The molecule has 2 aliphatic rings. The summed E-state index contributed by atoms with van der Waals surface area (Å²) in [6.07, 6.45) is 0.430. The van der Waals surface area contributed by atoms with Gasteiger partial charge in [0.15, 0.2) is 5.78 Å². The third-order valence-electron chi connectivity index (χ3n) is 9.76. The lowest BCUT2D eigenvalue weighted by atomic mass is 9.78. The van der Waals surface area contributed by atoms with Crippen LogP contribution in [0.2, 0.25) is 0 Å². The molecule has 7 N–H and O–H groups in total. The van der Waals surface area contributed by atoms with Crippen molar-refractivity contribution in [2.45, 2.75) is 64.9 Å². The summed E-state index contributed by atoms with van der Waals surface area (Å²) in [4.78, 5) is 107. The van der Waals surface area contributed by atoms with Gasteiger partial charge in [0, 0.05) is 84.1 Å². The number of carboxylic acid groups (broad SMARTS) is 3.